The van der Waals surface area contributed by atoms with Gasteiger partial charge >= 0.3 is 6.03 Å². The van der Waals surface area contributed by atoms with Gasteiger partial charge in [-0.15, -0.1) is 0 Å². The number of primary amides is 1. The highest BCUT2D eigenvalue weighted by Gasteiger charge is 2.42. The molecule has 10 amide bonds. The summed E-state index contributed by atoms with van der Waals surface area (Å²) in [4.78, 5) is 115. The number of benzene rings is 2. The zero-order valence-electron chi connectivity index (χ0n) is 38.1. The van der Waals surface area contributed by atoms with Gasteiger partial charge < -0.3 is 48.3 Å². The van der Waals surface area contributed by atoms with Crippen LogP contribution in [0.5, 0.6) is 0 Å². The molecule has 0 aliphatic carbocycles. The molecule has 0 bridgehead atoms. The fourth-order valence-electron chi connectivity index (χ4n) is 7.88. The quantitative estimate of drug-likeness (QED) is 0.0227. The number of hydrogen-bond donors (Lipinski definition) is 11. The van der Waals surface area contributed by atoms with Gasteiger partial charge in [-0.3, -0.25) is 43.6 Å². The molecule has 20 nitrogen and oxygen atoms in total. The molecule has 12 N–H and O–H groups in total. The molecule has 67 heavy (non-hydrogen) atoms. The molecule has 1 unspecified atom stereocenters. The second-order valence-electron chi connectivity index (χ2n) is 17.3. The lowest BCUT2D eigenvalue weighted by Crippen LogP contribution is -2.56. The predicted molar refractivity (Wildman–Crippen MR) is 250 cm³/mol. The van der Waals surface area contributed by atoms with E-state index in [1.165, 1.54) is 0 Å². The van der Waals surface area contributed by atoms with Crippen molar-refractivity contribution in [3.8, 4) is 0 Å². The van der Waals surface area contributed by atoms with Crippen LogP contribution in [0, 0.1) is 11.8 Å². The number of hydroxylamine groups is 1. The monoisotopic (exact) mass is 950 g/mol. The summed E-state index contributed by atoms with van der Waals surface area (Å²) >= 11 is 1.84. The number of urea groups is 1. The van der Waals surface area contributed by atoms with E-state index in [1.807, 2.05) is 25.6 Å². The van der Waals surface area contributed by atoms with E-state index in [2.05, 4.69) is 42.5 Å². The summed E-state index contributed by atoms with van der Waals surface area (Å²) in [6.45, 7) is 3.00. The largest absolute Gasteiger partial charge is 0.368 e. The molecular weight excluding hydrogens is 885 g/mol. The molecule has 2 aromatic rings. The van der Waals surface area contributed by atoms with Gasteiger partial charge in [-0.05, 0) is 62.0 Å². The maximum absolute atomic E-state index is 13.9. The van der Waals surface area contributed by atoms with Crippen molar-refractivity contribution in [2.45, 2.75) is 120 Å². The minimum Gasteiger partial charge on any atom is -0.368 e. The van der Waals surface area contributed by atoms with E-state index in [4.69, 9.17) is 5.73 Å². The third kappa shape index (κ3) is 19.3. The first-order chi connectivity index (χ1) is 32.1. The number of nitrogens with one attached hydrogen (secondary N) is 9. The van der Waals surface area contributed by atoms with Crippen molar-refractivity contribution in [2.24, 2.45) is 17.6 Å². The van der Waals surface area contributed by atoms with Gasteiger partial charge in [0.25, 0.3) is 0 Å². The van der Waals surface area contributed by atoms with Crippen molar-refractivity contribution in [1.82, 2.24) is 48.0 Å². The first kappa shape index (κ1) is 53.4. The zero-order chi connectivity index (χ0) is 48.7. The van der Waals surface area contributed by atoms with Crippen molar-refractivity contribution in [3.63, 3.8) is 0 Å². The Kier molecular flexibility index (Phi) is 22.4. The van der Waals surface area contributed by atoms with Crippen molar-refractivity contribution < 1.29 is 48.4 Å². The maximum atomic E-state index is 13.9. The molecule has 4 rings (SSSR count). The normalized spacial score (nSPS) is 17.9. The highest BCUT2D eigenvalue weighted by atomic mass is 32.2. The van der Waals surface area contributed by atoms with Crippen LogP contribution in [0.15, 0.2) is 60.7 Å². The summed E-state index contributed by atoms with van der Waals surface area (Å²) in [6, 6.07) is 14.7. The number of hydrogen-bond acceptors (Lipinski definition) is 11. The van der Waals surface area contributed by atoms with Crippen molar-refractivity contribution in [2.75, 3.05) is 25.4 Å². The highest BCUT2D eigenvalue weighted by molar-refractivity contribution is 8.00. The molecule has 0 aromatic heterocycles. The number of carbonyl (C=O) groups is 9. The fraction of sp³-hybridized carbons (Fsp3) is 0.543. The Morgan fingerprint density at radius 1 is 0.701 bits per heavy atom. The maximum Gasteiger partial charge on any atom is 0.315 e. The second-order valence-corrected chi connectivity index (χ2v) is 18.6. The lowest BCUT2D eigenvalue weighted by molar-refractivity contribution is -0.136. The molecule has 0 spiro atoms. The minimum absolute atomic E-state index is 0.0444. The number of nitrogens with two attached hydrogens (primary N) is 1. The summed E-state index contributed by atoms with van der Waals surface area (Å²) in [5, 5.41) is 31.2. The summed E-state index contributed by atoms with van der Waals surface area (Å²) in [5.41, 5.74) is 8.54. The summed E-state index contributed by atoms with van der Waals surface area (Å²) in [6.07, 6.45) is 4.11. The molecule has 366 valence electrons. The van der Waals surface area contributed by atoms with Gasteiger partial charge in [0.05, 0.1) is 31.1 Å². The van der Waals surface area contributed by atoms with Crippen LogP contribution in [0.2, 0.25) is 0 Å². The van der Waals surface area contributed by atoms with Crippen LogP contribution in [0.3, 0.4) is 0 Å². The second kappa shape index (κ2) is 28.1. The number of fused-ring (bicyclic) bond motifs is 1. The minimum atomic E-state index is -1.18. The van der Waals surface area contributed by atoms with Gasteiger partial charge in [-0.1, -0.05) is 80.9 Å². The van der Waals surface area contributed by atoms with E-state index < -0.39 is 78.5 Å². The average Bonchev–Trinajstić information content (AvgIpc) is 3.86. The van der Waals surface area contributed by atoms with Crippen LogP contribution < -0.4 is 53.7 Å². The van der Waals surface area contributed by atoms with Gasteiger partial charge in [0.2, 0.25) is 47.3 Å². The SMILES string of the molecule is CC(C)C[C@H](NC(=O)[C@H](Cc1ccccc1)NC(=O)C(CC(=O)NO)Cc1ccccc1)C(=O)NCC(=O)NCC(=O)N[C@@H](CCCCNC(=O)CCCC[C@@H]1SC[C@@H]2NC(=O)N[C@@H]21)C(N)=O. The van der Waals surface area contributed by atoms with Crippen LogP contribution in [0.4, 0.5) is 4.79 Å². The first-order valence-electron chi connectivity index (χ1n) is 22.8. The Hall–Kier alpha value is -6.22. The topological polar surface area (TPSA) is 308 Å². The predicted octanol–water partition coefficient (Wildman–Crippen LogP) is 0.214. The van der Waals surface area contributed by atoms with E-state index in [9.17, 15) is 48.4 Å². The molecule has 2 heterocycles. The van der Waals surface area contributed by atoms with Gasteiger partial charge in [0.15, 0.2) is 0 Å². The number of thioether (sulfide) groups is 1. The molecular formula is C46H66N10O10S. The molecule has 0 radical (unpaired) electrons. The van der Waals surface area contributed by atoms with Gasteiger partial charge in [-0.25, -0.2) is 10.3 Å². The van der Waals surface area contributed by atoms with Crippen LogP contribution in [-0.2, 0) is 51.2 Å². The Balaban J connectivity index is 1.19. The number of unbranched alkanes of at least 4 members (excludes halogenated alkanes) is 2. The summed E-state index contributed by atoms with van der Waals surface area (Å²) in [7, 11) is 0. The zero-order valence-corrected chi connectivity index (χ0v) is 38.9. The molecule has 2 saturated heterocycles. The van der Waals surface area contributed by atoms with Crippen LogP contribution in [-0.4, -0.2) is 119 Å². The summed E-state index contributed by atoms with van der Waals surface area (Å²) < 4.78 is 0. The molecule has 7 atom stereocenters. The first-order valence-corrected chi connectivity index (χ1v) is 23.9. The number of rotatable bonds is 29. The van der Waals surface area contributed by atoms with Crippen LogP contribution in [0.25, 0.3) is 0 Å². The van der Waals surface area contributed by atoms with Crippen LogP contribution >= 0.6 is 11.8 Å². The average molecular weight is 951 g/mol. The van der Waals surface area contributed by atoms with Gasteiger partial charge in [0, 0.05) is 36.8 Å². The Bertz CT molecular complexity index is 2000. The molecule has 0 saturated carbocycles. The molecule has 21 heteroatoms. The lowest BCUT2D eigenvalue weighted by atomic mass is 9.94. The summed E-state index contributed by atoms with van der Waals surface area (Å²) in [5.74, 6) is -5.17. The highest BCUT2D eigenvalue weighted by Crippen LogP contribution is 2.33. The van der Waals surface area contributed by atoms with Gasteiger partial charge in [0.1, 0.15) is 18.1 Å². The van der Waals surface area contributed by atoms with E-state index in [-0.39, 0.29) is 62.0 Å². The molecule has 2 fully saturated rings. The molecule has 2 aromatic carbocycles. The van der Waals surface area contributed by atoms with E-state index in [0.717, 1.165) is 30.6 Å². The fourth-order valence-corrected chi connectivity index (χ4v) is 9.42. The van der Waals surface area contributed by atoms with Gasteiger partial charge in [-0.2, -0.15) is 11.8 Å². The van der Waals surface area contributed by atoms with Crippen molar-refractivity contribution >= 4 is 65.1 Å². The number of amides is 10. The smallest absolute Gasteiger partial charge is 0.315 e. The van der Waals surface area contributed by atoms with E-state index in [0.29, 0.717) is 36.6 Å². The molecule has 2 aliphatic heterocycles. The molecule has 2 aliphatic rings. The third-order valence-corrected chi connectivity index (χ3v) is 12.9. The number of carbonyl (C=O) groups excluding carboxylic acids is 9. The van der Waals surface area contributed by atoms with E-state index >= 15 is 0 Å². The Morgan fingerprint density at radius 2 is 1.36 bits per heavy atom. The van der Waals surface area contributed by atoms with E-state index in [1.54, 1.807) is 66.1 Å². The van der Waals surface area contributed by atoms with Crippen LogP contribution in [0.1, 0.15) is 82.8 Å². The Labute approximate surface area is 394 Å². The Morgan fingerprint density at radius 3 is 2.01 bits per heavy atom. The third-order valence-electron chi connectivity index (χ3n) is 11.4. The van der Waals surface area contributed by atoms with Crippen molar-refractivity contribution in [3.05, 3.63) is 71.8 Å². The lowest BCUT2D eigenvalue weighted by Gasteiger charge is -2.26. The standard InChI is InChI=1S/C46H66N10O10S/c1-28(2)21-33(53-45(64)34(23-30-15-7-4-8-16-30)52-43(62)31(24-38(58)56-66)22-29-13-5-3-6-14-29)44(63)50-25-39(59)49-26-40(60)51-32(42(47)61)17-11-12-20-48-37(57)19-10-9-18-36-41-35(27-67-36)54-46(65)55-41/h3-8,13-16,28,31-36,41,66H,9-12,17-27H2,1-2H3,(H2,47,61)(H,48,57)(H,49,59)(H,50,63)(H,51,60)(H,52,62)(H,53,64)(H,56,58)(H2,54,55,65)/t31?,32-,33-,34-,35-,36-,41-/m0/s1. The van der Waals surface area contributed by atoms with Crippen molar-refractivity contribution in [1.29, 1.82) is 0 Å².